The third-order valence-corrected chi connectivity index (χ3v) is 5.15. The van der Waals surface area contributed by atoms with Crippen LogP contribution < -0.4 is 9.88 Å². The molecule has 0 saturated heterocycles. The Bertz CT molecular complexity index is 1150. The van der Waals surface area contributed by atoms with Crippen molar-refractivity contribution < 1.29 is 14.6 Å². The van der Waals surface area contributed by atoms with Crippen LogP contribution in [0.25, 0.3) is 11.5 Å². The van der Waals surface area contributed by atoms with Crippen molar-refractivity contribution in [3.05, 3.63) is 99.4 Å². The summed E-state index contributed by atoms with van der Waals surface area (Å²) in [5.74, 6) is -0.0803. The molecule has 0 saturated carbocycles. The maximum Gasteiger partial charge on any atom is 0.288 e. The van der Waals surface area contributed by atoms with Gasteiger partial charge in [0, 0.05) is 35.0 Å². The Kier molecular flexibility index (Phi) is 6.23. The van der Waals surface area contributed by atoms with Crippen molar-refractivity contribution in [1.29, 1.82) is 0 Å². The molecule has 0 aliphatic carbocycles. The van der Waals surface area contributed by atoms with E-state index in [-0.39, 0.29) is 11.4 Å². The van der Waals surface area contributed by atoms with E-state index in [4.69, 9.17) is 12.2 Å². The maximum absolute atomic E-state index is 11.1. The van der Waals surface area contributed by atoms with Crippen LogP contribution in [-0.4, -0.2) is 15.0 Å². The molecule has 0 aliphatic rings. The first-order chi connectivity index (χ1) is 14.3. The van der Waals surface area contributed by atoms with Crippen molar-refractivity contribution in [1.82, 2.24) is 0 Å². The number of aliphatic hydroxyl groups excluding tert-OH is 1. The summed E-state index contributed by atoms with van der Waals surface area (Å²) >= 11 is 5.67. The number of benzene rings is 2. The molecule has 3 aromatic rings. The molecule has 0 radical (unpaired) electrons. The number of hydrogen-bond acceptors (Lipinski definition) is 4. The van der Waals surface area contributed by atoms with Crippen molar-refractivity contribution in [3.8, 4) is 0 Å². The van der Waals surface area contributed by atoms with Gasteiger partial charge >= 0.3 is 0 Å². The highest BCUT2D eigenvalue weighted by Gasteiger charge is 2.25. The van der Waals surface area contributed by atoms with Crippen LogP contribution >= 0.6 is 12.2 Å². The third-order valence-electron chi connectivity index (χ3n) is 4.85. The fourth-order valence-corrected chi connectivity index (χ4v) is 3.34. The summed E-state index contributed by atoms with van der Waals surface area (Å²) < 4.78 is 1.74. The van der Waals surface area contributed by atoms with Crippen LogP contribution in [0.3, 0.4) is 0 Å². The van der Waals surface area contributed by atoms with Gasteiger partial charge < -0.3 is 10.4 Å². The summed E-state index contributed by atoms with van der Waals surface area (Å²) in [7, 11) is 0. The molecule has 0 atom stereocenters. The number of thiocarbonyl (C=S) groups is 1. The summed E-state index contributed by atoms with van der Waals surface area (Å²) in [6.07, 6.45) is 3.65. The highest BCUT2D eigenvalue weighted by atomic mass is 32.1. The Hall–Kier alpha value is -3.58. The zero-order valence-electron chi connectivity index (χ0n) is 16.9. The Morgan fingerprint density at radius 1 is 1.07 bits per heavy atom. The minimum atomic E-state index is -0.479. The van der Waals surface area contributed by atoms with Gasteiger partial charge in [0.25, 0.3) is 11.4 Å². The van der Waals surface area contributed by atoms with E-state index in [1.807, 2.05) is 57.3 Å². The maximum atomic E-state index is 11.1. The quantitative estimate of drug-likeness (QED) is 0.149. The Morgan fingerprint density at radius 2 is 1.77 bits per heavy atom. The highest BCUT2D eigenvalue weighted by molar-refractivity contribution is 7.81. The smallest absolute Gasteiger partial charge is 0.288 e. The molecule has 1 heterocycles. The molecular formula is C23H22N3O3S+. The number of hydrogen-bond donors (Lipinski definition) is 2. The number of non-ortho nitro benzene ring substituents is 1. The highest BCUT2D eigenvalue weighted by Crippen LogP contribution is 2.23. The summed E-state index contributed by atoms with van der Waals surface area (Å²) in [6.45, 7) is 5.96. The number of nitrogens with one attached hydrogen (secondary N) is 1. The molecule has 1 aromatic heterocycles. The number of anilines is 1. The predicted molar refractivity (Wildman–Crippen MR) is 122 cm³/mol. The van der Waals surface area contributed by atoms with Gasteiger partial charge in [-0.1, -0.05) is 24.4 Å². The fraction of sp³-hybridized carbons (Fsp3) is 0.130. The monoisotopic (exact) mass is 420 g/mol. The van der Waals surface area contributed by atoms with Gasteiger partial charge in [0.2, 0.25) is 0 Å². The summed E-state index contributed by atoms with van der Waals surface area (Å²) in [5, 5.41) is 25.3. The lowest BCUT2D eigenvalue weighted by Crippen LogP contribution is -2.38. The predicted octanol–water partition coefficient (Wildman–Crippen LogP) is 5.13. The zero-order valence-corrected chi connectivity index (χ0v) is 17.7. The van der Waals surface area contributed by atoms with Crippen molar-refractivity contribution in [2.45, 2.75) is 20.8 Å². The Balaban J connectivity index is 2.10. The largest absolute Gasteiger partial charge is 0.502 e. The molecular weight excluding hydrogens is 398 g/mol. The molecule has 0 spiro atoms. The first-order valence-corrected chi connectivity index (χ1v) is 9.72. The number of nitrogens with zero attached hydrogens (tertiary/aromatic N) is 2. The summed E-state index contributed by atoms with van der Waals surface area (Å²) in [6, 6.07) is 15.4. The second kappa shape index (κ2) is 8.84. The van der Waals surface area contributed by atoms with Crippen LogP contribution in [0.4, 0.5) is 11.4 Å². The standard InChI is InChI=1S/C23H21N3O3S/c1-15-6-5-13-25(14-15)21(22(27)18-9-11-19(12-10-18)26(28)29)23(30)24-20-8-4-7-16(2)17(20)3/h4-14H,1-3H3,(H-,24,27,30)/p+1. The van der Waals surface area contributed by atoms with Crippen LogP contribution in [0.5, 0.6) is 0 Å². The Morgan fingerprint density at radius 3 is 2.40 bits per heavy atom. The fourth-order valence-electron chi connectivity index (χ4n) is 3.02. The van der Waals surface area contributed by atoms with Gasteiger partial charge in [-0.25, -0.2) is 0 Å². The van der Waals surface area contributed by atoms with Crippen LogP contribution in [0.15, 0.2) is 67.0 Å². The first kappa shape index (κ1) is 21.1. The SMILES string of the molecule is Cc1ccc[n+](C(C(=S)Nc2cccc(C)c2C)=C(O)c2ccc([N+](=O)[O-])cc2)c1. The number of aryl methyl sites for hydroxylation is 2. The molecule has 0 fully saturated rings. The molecule has 6 nitrogen and oxygen atoms in total. The molecule has 3 rings (SSSR count). The number of aliphatic hydroxyl groups is 1. The number of rotatable bonds is 5. The van der Waals surface area contributed by atoms with E-state index >= 15 is 0 Å². The molecule has 0 amide bonds. The normalized spacial score (nSPS) is 11.6. The van der Waals surface area contributed by atoms with E-state index in [0.29, 0.717) is 16.2 Å². The van der Waals surface area contributed by atoms with E-state index in [2.05, 4.69) is 5.32 Å². The van der Waals surface area contributed by atoms with E-state index in [1.165, 1.54) is 24.3 Å². The summed E-state index contributed by atoms with van der Waals surface area (Å²) in [5.41, 5.74) is 4.77. The van der Waals surface area contributed by atoms with E-state index in [1.54, 1.807) is 10.8 Å². The molecule has 7 heteroatoms. The lowest BCUT2D eigenvalue weighted by molar-refractivity contribution is -0.576. The Labute approximate surface area is 180 Å². The lowest BCUT2D eigenvalue weighted by atomic mass is 10.1. The van der Waals surface area contributed by atoms with Gasteiger partial charge in [0.05, 0.1) is 4.92 Å². The van der Waals surface area contributed by atoms with Crippen molar-refractivity contribution in [3.63, 3.8) is 0 Å². The van der Waals surface area contributed by atoms with Crippen molar-refractivity contribution >= 4 is 40.0 Å². The second-order valence-electron chi connectivity index (χ2n) is 6.99. The van der Waals surface area contributed by atoms with Gasteiger partial charge in [-0.3, -0.25) is 10.1 Å². The van der Waals surface area contributed by atoms with Crippen LogP contribution in [0.1, 0.15) is 22.3 Å². The third kappa shape index (κ3) is 4.52. The van der Waals surface area contributed by atoms with Crippen LogP contribution in [-0.2, 0) is 0 Å². The first-order valence-electron chi connectivity index (χ1n) is 9.32. The topological polar surface area (TPSA) is 79.3 Å². The number of nitro benzene ring substituents is 1. The lowest BCUT2D eigenvalue weighted by Gasteiger charge is -2.13. The molecule has 0 aliphatic heterocycles. The van der Waals surface area contributed by atoms with E-state index in [9.17, 15) is 15.2 Å². The van der Waals surface area contributed by atoms with Crippen molar-refractivity contribution in [2.24, 2.45) is 0 Å². The van der Waals surface area contributed by atoms with E-state index < -0.39 is 4.92 Å². The average molecular weight is 421 g/mol. The molecule has 2 aromatic carbocycles. The number of nitro groups is 1. The molecule has 2 N–H and O–H groups in total. The van der Waals surface area contributed by atoms with Crippen LogP contribution in [0, 0.1) is 30.9 Å². The van der Waals surface area contributed by atoms with Gasteiger partial charge in [0.1, 0.15) is 0 Å². The number of aromatic nitrogens is 1. The molecule has 0 bridgehead atoms. The molecule has 0 unspecified atom stereocenters. The molecule has 152 valence electrons. The second-order valence-corrected chi connectivity index (χ2v) is 7.40. The van der Waals surface area contributed by atoms with Gasteiger partial charge in [0.15, 0.2) is 23.1 Å². The van der Waals surface area contributed by atoms with Gasteiger partial charge in [-0.2, -0.15) is 4.57 Å². The van der Waals surface area contributed by atoms with Crippen molar-refractivity contribution in [2.75, 3.05) is 5.32 Å². The minimum Gasteiger partial charge on any atom is -0.502 e. The summed E-state index contributed by atoms with van der Waals surface area (Å²) in [4.78, 5) is 10.8. The molecule has 30 heavy (non-hydrogen) atoms. The average Bonchev–Trinajstić information content (AvgIpc) is 2.71. The number of pyridine rings is 1. The minimum absolute atomic E-state index is 0.0487. The van der Waals surface area contributed by atoms with Gasteiger partial charge in [-0.05, 0) is 56.2 Å². The van der Waals surface area contributed by atoms with E-state index in [0.717, 1.165) is 22.4 Å². The van der Waals surface area contributed by atoms with Crippen LogP contribution in [0.2, 0.25) is 0 Å². The zero-order chi connectivity index (χ0) is 21.8. The van der Waals surface area contributed by atoms with Gasteiger partial charge in [-0.15, -0.1) is 0 Å².